The number of halogens is 1. The minimum atomic E-state index is -1.07. The van der Waals surface area contributed by atoms with E-state index >= 15 is 0 Å². The van der Waals surface area contributed by atoms with Crippen LogP contribution in [0.2, 0.25) is 0 Å². The predicted octanol–water partition coefficient (Wildman–Crippen LogP) is 1.97. The summed E-state index contributed by atoms with van der Waals surface area (Å²) in [5.41, 5.74) is 0.394. The molecule has 0 aromatic heterocycles. The molecule has 1 aliphatic rings. The van der Waals surface area contributed by atoms with Crippen molar-refractivity contribution in [1.29, 1.82) is 0 Å². The van der Waals surface area contributed by atoms with Gasteiger partial charge in [-0.05, 0) is 18.9 Å². The lowest BCUT2D eigenvalue weighted by Gasteiger charge is -2.24. The third kappa shape index (κ3) is 3.71. The predicted molar refractivity (Wildman–Crippen MR) is 77.5 cm³/mol. The molecular weight excluding hydrogens is 289 g/mol. The van der Waals surface area contributed by atoms with Crippen LogP contribution in [0.15, 0.2) is 36.9 Å². The van der Waals surface area contributed by atoms with Gasteiger partial charge in [-0.1, -0.05) is 24.3 Å². The Morgan fingerprint density at radius 1 is 1.36 bits per heavy atom. The second-order valence-corrected chi connectivity index (χ2v) is 5.13. The third-order valence-corrected chi connectivity index (χ3v) is 3.55. The summed E-state index contributed by atoms with van der Waals surface area (Å²) < 4.78 is 19.0. The number of amides is 1. The Kier molecular flexibility index (Phi) is 5.27. The quantitative estimate of drug-likeness (QED) is 0.816. The zero-order chi connectivity index (χ0) is 16.1. The van der Waals surface area contributed by atoms with E-state index in [4.69, 9.17) is 9.84 Å². The maximum atomic E-state index is 13.7. The summed E-state index contributed by atoms with van der Waals surface area (Å²) in [7, 11) is 0. The number of hydrogen-bond donors (Lipinski definition) is 1. The second-order valence-electron chi connectivity index (χ2n) is 5.13. The van der Waals surface area contributed by atoms with Gasteiger partial charge in [-0.2, -0.15) is 0 Å². The summed E-state index contributed by atoms with van der Waals surface area (Å²) in [5, 5.41) is 8.91. The van der Waals surface area contributed by atoms with Gasteiger partial charge in [-0.15, -0.1) is 6.58 Å². The van der Waals surface area contributed by atoms with Gasteiger partial charge in [0, 0.05) is 18.7 Å². The number of nitrogens with zero attached hydrogens (tertiary/aromatic N) is 1. The average Bonchev–Trinajstić information content (AvgIpc) is 2.98. The number of carboxylic acid groups (broad SMARTS) is 1. The molecule has 0 unspecified atom stereocenters. The molecule has 1 fully saturated rings. The fourth-order valence-electron chi connectivity index (χ4n) is 2.42. The van der Waals surface area contributed by atoms with Crippen LogP contribution in [0.1, 0.15) is 18.4 Å². The molecule has 1 aromatic carbocycles. The molecule has 2 atom stereocenters. The van der Waals surface area contributed by atoms with Crippen LogP contribution in [0.25, 0.3) is 0 Å². The van der Waals surface area contributed by atoms with Crippen LogP contribution in [0.5, 0.6) is 0 Å². The van der Waals surface area contributed by atoms with E-state index in [-0.39, 0.29) is 24.8 Å². The SMILES string of the molecule is C=CCN(Cc1ccccc1F)C(=O)[C@@H]1CC[C@H](C(=O)O)O1. The van der Waals surface area contributed by atoms with Crippen LogP contribution in [0.4, 0.5) is 4.39 Å². The first-order valence-electron chi connectivity index (χ1n) is 7.04. The van der Waals surface area contributed by atoms with E-state index in [0.717, 1.165) is 0 Å². The fourth-order valence-corrected chi connectivity index (χ4v) is 2.42. The summed E-state index contributed by atoms with van der Waals surface area (Å²) >= 11 is 0. The highest BCUT2D eigenvalue weighted by atomic mass is 19.1. The van der Waals surface area contributed by atoms with Crippen molar-refractivity contribution in [2.24, 2.45) is 0 Å². The molecular formula is C16H18FNO4. The van der Waals surface area contributed by atoms with E-state index in [1.165, 1.54) is 11.0 Å². The number of ether oxygens (including phenoxy) is 1. The van der Waals surface area contributed by atoms with Crippen LogP contribution < -0.4 is 0 Å². The van der Waals surface area contributed by atoms with E-state index in [1.54, 1.807) is 24.3 Å². The molecule has 0 bridgehead atoms. The summed E-state index contributed by atoms with van der Waals surface area (Å²) in [6.07, 6.45) is 0.442. The first-order chi connectivity index (χ1) is 10.5. The highest BCUT2D eigenvalue weighted by Gasteiger charge is 2.36. The van der Waals surface area contributed by atoms with Crippen LogP contribution in [-0.2, 0) is 20.9 Å². The molecule has 1 N–H and O–H groups in total. The number of hydrogen-bond acceptors (Lipinski definition) is 3. The first kappa shape index (κ1) is 16.2. The summed E-state index contributed by atoms with van der Waals surface area (Å²) in [6, 6.07) is 6.21. The van der Waals surface area contributed by atoms with Crippen molar-refractivity contribution in [2.45, 2.75) is 31.6 Å². The van der Waals surface area contributed by atoms with E-state index < -0.39 is 18.2 Å². The van der Waals surface area contributed by atoms with Gasteiger partial charge in [0.1, 0.15) is 11.9 Å². The maximum Gasteiger partial charge on any atom is 0.332 e. The highest BCUT2D eigenvalue weighted by molar-refractivity contribution is 5.82. The van der Waals surface area contributed by atoms with Crippen molar-refractivity contribution in [1.82, 2.24) is 4.90 Å². The number of carbonyl (C=O) groups is 2. The Morgan fingerprint density at radius 2 is 2.05 bits per heavy atom. The molecule has 0 aliphatic carbocycles. The normalized spacial score (nSPS) is 20.6. The molecule has 2 rings (SSSR count). The van der Waals surface area contributed by atoms with E-state index in [0.29, 0.717) is 18.4 Å². The van der Waals surface area contributed by atoms with Gasteiger partial charge in [0.05, 0.1) is 0 Å². The Balaban J connectivity index is 2.08. The molecule has 1 heterocycles. The second kappa shape index (κ2) is 7.17. The van der Waals surface area contributed by atoms with Gasteiger partial charge in [0.15, 0.2) is 6.10 Å². The Morgan fingerprint density at radius 3 is 2.64 bits per heavy atom. The Bertz CT molecular complexity index is 575. The minimum Gasteiger partial charge on any atom is -0.479 e. The van der Waals surface area contributed by atoms with Gasteiger partial charge >= 0.3 is 5.97 Å². The van der Waals surface area contributed by atoms with Crippen LogP contribution in [0, 0.1) is 5.82 Å². The molecule has 118 valence electrons. The van der Waals surface area contributed by atoms with E-state index in [9.17, 15) is 14.0 Å². The van der Waals surface area contributed by atoms with E-state index in [2.05, 4.69) is 6.58 Å². The fraction of sp³-hybridized carbons (Fsp3) is 0.375. The van der Waals surface area contributed by atoms with Crippen molar-refractivity contribution >= 4 is 11.9 Å². The summed E-state index contributed by atoms with van der Waals surface area (Å²) in [6.45, 7) is 3.93. The highest BCUT2D eigenvalue weighted by Crippen LogP contribution is 2.22. The summed E-state index contributed by atoms with van der Waals surface area (Å²) in [5.74, 6) is -1.80. The molecule has 1 saturated heterocycles. The Labute approximate surface area is 128 Å². The zero-order valence-corrected chi connectivity index (χ0v) is 12.1. The zero-order valence-electron chi connectivity index (χ0n) is 12.1. The molecule has 1 amide bonds. The van der Waals surface area contributed by atoms with Crippen molar-refractivity contribution in [2.75, 3.05) is 6.54 Å². The maximum absolute atomic E-state index is 13.7. The topological polar surface area (TPSA) is 66.8 Å². The molecule has 0 spiro atoms. The standard InChI is InChI=1S/C16H18FNO4/c1-2-9-18(10-11-5-3-4-6-12(11)17)15(19)13-7-8-14(22-13)16(20)21/h2-6,13-14H,1,7-10H2,(H,20,21)/t13-,14+/m0/s1. The van der Waals surface area contributed by atoms with Crippen LogP contribution >= 0.6 is 0 Å². The molecule has 0 saturated carbocycles. The van der Waals surface area contributed by atoms with Crippen LogP contribution in [0.3, 0.4) is 0 Å². The number of benzene rings is 1. The van der Waals surface area contributed by atoms with Gasteiger partial charge in [-0.3, -0.25) is 4.79 Å². The van der Waals surface area contributed by atoms with E-state index in [1.807, 2.05) is 0 Å². The van der Waals surface area contributed by atoms with Gasteiger partial charge in [0.2, 0.25) is 0 Å². The average molecular weight is 307 g/mol. The first-order valence-corrected chi connectivity index (χ1v) is 7.04. The van der Waals surface area contributed by atoms with Crippen molar-refractivity contribution < 1.29 is 23.8 Å². The van der Waals surface area contributed by atoms with Crippen molar-refractivity contribution in [3.63, 3.8) is 0 Å². The van der Waals surface area contributed by atoms with Crippen molar-refractivity contribution in [3.05, 3.63) is 48.3 Å². The number of rotatable bonds is 6. The molecule has 5 nitrogen and oxygen atoms in total. The lowest BCUT2D eigenvalue weighted by molar-refractivity contribution is -0.154. The molecule has 6 heteroatoms. The monoisotopic (exact) mass is 307 g/mol. The molecule has 1 aliphatic heterocycles. The largest absolute Gasteiger partial charge is 0.479 e. The van der Waals surface area contributed by atoms with Crippen molar-refractivity contribution in [3.8, 4) is 0 Å². The number of aliphatic carboxylic acids is 1. The number of carbonyl (C=O) groups excluding carboxylic acids is 1. The molecule has 22 heavy (non-hydrogen) atoms. The third-order valence-electron chi connectivity index (χ3n) is 3.55. The summed E-state index contributed by atoms with van der Waals surface area (Å²) in [4.78, 5) is 24.8. The van der Waals surface area contributed by atoms with Gasteiger partial charge in [-0.25, -0.2) is 9.18 Å². The lowest BCUT2D eigenvalue weighted by atomic mass is 10.1. The number of carboxylic acids is 1. The van der Waals surface area contributed by atoms with Gasteiger partial charge < -0.3 is 14.7 Å². The minimum absolute atomic E-state index is 0.0924. The Hall–Kier alpha value is -2.21. The smallest absolute Gasteiger partial charge is 0.332 e. The molecule has 0 radical (unpaired) electrons. The lowest BCUT2D eigenvalue weighted by Crippen LogP contribution is -2.39. The van der Waals surface area contributed by atoms with Crippen LogP contribution in [-0.4, -0.2) is 40.6 Å². The van der Waals surface area contributed by atoms with Gasteiger partial charge in [0.25, 0.3) is 5.91 Å². The molecule has 1 aromatic rings.